The van der Waals surface area contributed by atoms with Crippen molar-refractivity contribution in [1.29, 1.82) is 0 Å². The first-order valence-electron chi connectivity index (χ1n) is 13.3. The first-order valence-corrected chi connectivity index (χ1v) is 13.3. The van der Waals surface area contributed by atoms with E-state index in [9.17, 15) is 36.7 Å². The van der Waals surface area contributed by atoms with E-state index in [2.05, 4.69) is 15.5 Å². The van der Waals surface area contributed by atoms with E-state index in [1.807, 2.05) is 0 Å². The number of nitrogens with zero attached hydrogens (tertiary/aromatic N) is 4. The average Bonchev–Trinajstić information content (AvgIpc) is 3.48. The van der Waals surface area contributed by atoms with Crippen molar-refractivity contribution in [1.82, 2.24) is 25.3 Å². The third-order valence-electron chi connectivity index (χ3n) is 7.95. The lowest BCUT2D eigenvalue weighted by atomic mass is 9.85. The van der Waals surface area contributed by atoms with Crippen LogP contribution < -0.4 is 10.2 Å². The number of anilines is 1. The Balaban J connectivity index is 1.35. The van der Waals surface area contributed by atoms with Crippen LogP contribution in [0.3, 0.4) is 0 Å². The van der Waals surface area contributed by atoms with Crippen molar-refractivity contribution in [2.24, 2.45) is 5.92 Å². The number of nitrogens with one attached hydrogen (secondary N) is 2. The van der Waals surface area contributed by atoms with E-state index in [1.165, 1.54) is 16.8 Å². The normalized spacial score (nSPS) is 18.0. The van der Waals surface area contributed by atoms with E-state index in [0.29, 0.717) is 29.4 Å². The number of likely N-dealkylation sites (tertiary alicyclic amines) is 1. The molecule has 2 aliphatic heterocycles. The first kappa shape index (κ1) is 29.0. The van der Waals surface area contributed by atoms with Gasteiger partial charge in [0.05, 0.1) is 22.8 Å². The molecule has 1 aromatic heterocycles. The molecule has 2 aromatic carbocycles. The first-order chi connectivity index (χ1) is 19.7. The molecule has 2 aliphatic rings. The number of fused-ring (bicyclic) bond motifs is 1. The van der Waals surface area contributed by atoms with E-state index in [0.717, 1.165) is 10.3 Å². The summed E-state index contributed by atoms with van der Waals surface area (Å²) in [6, 6.07) is 5.04. The highest BCUT2D eigenvalue weighted by atomic mass is 19.4. The molecule has 0 aliphatic carbocycles. The van der Waals surface area contributed by atoms with Gasteiger partial charge in [-0.25, -0.2) is 9.18 Å². The van der Waals surface area contributed by atoms with Gasteiger partial charge in [0, 0.05) is 31.2 Å². The van der Waals surface area contributed by atoms with Gasteiger partial charge in [0.15, 0.2) is 0 Å². The van der Waals surface area contributed by atoms with Crippen molar-refractivity contribution >= 4 is 40.3 Å². The number of carbonyl (C=O) groups excluding carboxylic acids is 4. The zero-order valence-electron chi connectivity index (χ0n) is 23.0. The van der Waals surface area contributed by atoms with E-state index in [1.54, 1.807) is 38.2 Å². The summed E-state index contributed by atoms with van der Waals surface area (Å²) in [5.74, 6) is -3.74. The molecule has 5 amide bonds. The summed E-state index contributed by atoms with van der Waals surface area (Å²) < 4.78 is 53.8. The molecular weight excluding hydrogens is 560 g/mol. The summed E-state index contributed by atoms with van der Waals surface area (Å²) in [5, 5.41) is 10.1. The number of hydrogen-bond acceptors (Lipinski definition) is 5. The minimum atomic E-state index is -4.79. The highest BCUT2D eigenvalue weighted by Gasteiger charge is 2.58. The molecular formula is C28H28F4N6O4. The molecule has 1 unspecified atom stereocenters. The zero-order chi connectivity index (χ0) is 30.6. The third-order valence-corrected chi connectivity index (χ3v) is 7.95. The number of halogens is 4. The van der Waals surface area contributed by atoms with E-state index in [4.69, 9.17) is 0 Å². The van der Waals surface area contributed by atoms with Crippen LogP contribution in [0.1, 0.15) is 42.6 Å². The molecule has 14 heteroatoms. The Hall–Kier alpha value is -4.49. The number of alkyl halides is 3. The Labute approximate surface area is 237 Å². The number of likely N-dealkylation sites (N-methyl/N-ethyl adjacent to an activating group) is 1. The number of piperidine rings is 1. The van der Waals surface area contributed by atoms with Crippen LogP contribution in [0.2, 0.25) is 0 Å². The predicted octanol–water partition coefficient (Wildman–Crippen LogP) is 3.94. The highest BCUT2D eigenvalue weighted by Crippen LogP contribution is 2.41. The maximum absolute atomic E-state index is 14.3. The van der Waals surface area contributed by atoms with Crippen LogP contribution in [0.5, 0.6) is 0 Å². The smallest absolute Gasteiger partial charge is 0.341 e. The predicted molar refractivity (Wildman–Crippen MR) is 143 cm³/mol. The van der Waals surface area contributed by atoms with Crippen molar-refractivity contribution in [2.45, 2.75) is 44.4 Å². The quantitative estimate of drug-likeness (QED) is 0.346. The van der Waals surface area contributed by atoms with Crippen LogP contribution in [0.25, 0.3) is 10.9 Å². The summed E-state index contributed by atoms with van der Waals surface area (Å²) in [7, 11) is 1.40. The minimum Gasteiger partial charge on any atom is -0.341 e. The molecule has 3 aromatic rings. The van der Waals surface area contributed by atoms with Crippen molar-refractivity contribution in [2.75, 3.05) is 25.0 Å². The van der Waals surface area contributed by atoms with Crippen LogP contribution in [-0.4, -0.2) is 75.5 Å². The van der Waals surface area contributed by atoms with Gasteiger partial charge < -0.3 is 10.2 Å². The maximum Gasteiger partial charge on any atom is 0.416 e. The van der Waals surface area contributed by atoms with Gasteiger partial charge in [-0.1, -0.05) is 13.8 Å². The van der Waals surface area contributed by atoms with Gasteiger partial charge in [0.25, 0.3) is 11.8 Å². The Morgan fingerprint density at radius 1 is 1.07 bits per heavy atom. The molecule has 0 radical (unpaired) electrons. The molecule has 222 valence electrons. The van der Waals surface area contributed by atoms with Gasteiger partial charge in [0.1, 0.15) is 17.4 Å². The number of aromatic amines is 1. The minimum absolute atomic E-state index is 0.0610. The SMILES string of the molecule is CC(C)C(NC(=O)c1cc(C(F)(F)F)ccc1F)C(=O)N1CCC2(CC1)C(=O)N(C)C(=O)N2c1ccc2cn[nH]c2c1. The number of hydrogen-bond donors (Lipinski definition) is 2. The van der Waals surface area contributed by atoms with Gasteiger partial charge in [-0.3, -0.25) is 29.3 Å². The lowest BCUT2D eigenvalue weighted by Gasteiger charge is -2.43. The monoisotopic (exact) mass is 588 g/mol. The standard InChI is InChI=1S/C28H28F4N6O4/c1-15(2)22(34-23(39)19-12-17(28(30,31)32)5-7-20(19)29)24(40)37-10-8-27(9-11-37)25(41)36(3)26(42)38(27)18-6-4-16-14-33-35-21(16)13-18/h4-7,12-15,22H,8-11H2,1-3H3,(H,33,35)(H,34,39). The van der Waals surface area contributed by atoms with Gasteiger partial charge in [-0.2, -0.15) is 18.3 Å². The lowest BCUT2D eigenvalue weighted by Crippen LogP contribution is -2.60. The number of H-pyrrole nitrogens is 1. The van der Waals surface area contributed by atoms with E-state index in [-0.39, 0.29) is 25.9 Å². The second kappa shape index (κ2) is 10.4. The Morgan fingerprint density at radius 3 is 2.40 bits per heavy atom. The molecule has 1 spiro atoms. The van der Waals surface area contributed by atoms with Gasteiger partial charge in [0.2, 0.25) is 5.91 Å². The van der Waals surface area contributed by atoms with Crippen molar-refractivity contribution < 1.29 is 36.7 Å². The Morgan fingerprint density at radius 2 is 1.76 bits per heavy atom. The molecule has 42 heavy (non-hydrogen) atoms. The summed E-state index contributed by atoms with van der Waals surface area (Å²) >= 11 is 0. The molecule has 0 saturated carbocycles. The summed E-state index contributed by atoms with van der Waals surface area (Å²) in [4.78, 5) is 57.0. The molecule has 2 N–H and O–H groups in total. The number of aromatic nitrogens is 2. The molecule has 3 heterocycles. The van der Waals surface area contributed by atoms with Crippen LogP contribution in [0.15, 0.2) is 42.6 Å². The number of amides is 5. The topological polar surface area (TPSA) is 119 Å². The molecule has 10 nitrogen and oxygen atoms in total. The third kappa shape index (κ3) is 4.84. The van der Waals surface area contributed by atoms with Crippen molar-refractivity contribution in [3.8, 4) is 0 Å². The zero-order valence-corrected chi connectivity index (χ0v) is 23.0. The maximum atomic E-state index is 14.3. The summed E-state index contributed by atoms with van der Waals surface area (Å²) in [5.41, 5.74) is -2.10. The molecule has 2 saturated heterocycles. The fraction of sp³-hybridized carbons (Fsp3) is 0.393. The number of rotatable bonds is 5. The second-order valence-corrected chi connectivity index (χ2v) is 10.9. The number of imide groups is 1. The van der Waals surface area contributed by atoms with Crippen molar-refractivity contribution in [3.05, 3.63) is 59.5 Å². The van der Waals surface area contributed by atoms with E-state index >= 15 is 0 Å². The second-order valence-electron chi connectivity index (χ2n) is 10.9. The van der Waals surface area contributed by atoms with Crippen LogP contribution in [0.4, 0.5) is 28.0 Å². The molecule has 2 fully saturated rings. The molecule has 0 bridgehead atoms. The summed E-state index contributed by atoms with van der Waals surface area (Å²) in [6.45, 7) is 3.40. The fourth-order valence-corrected chi connectivity index (χ4v) is 5.59. The van der Waals surface area contributed by atoms with Crippen molar-refractivity contribution in [3.63, 3.8) is 0 Å². The molecule has 5 rings (SSSR count). The van der Waals surface area contributed by atoms with Gasteiger partial charge in [-0.05, 0) is 55.2 Å². The van der Waals surface area contributed by atoms with Crippen LogP contribution >= 0.6 is 0 Å². The average molecular weight is 589 g/mol. The Kier molecular flexibility index (Phi) is 7.19. The van der Waals surface area contributed by atoms with Crippen LogP contribution in [0, 0.1) is 11.7 Å². The summed E-state index contributed by atoms with van der Waals surface area (Å²) in [6.07, 6.45) is -2.94. The fourth-order valence-electron chi connectivity index (χ4n) is 5.59. The Bertz CT molecular complexity index is 1580. The van der Waals surface area contributed by atoms with Crippen LogP contribution in [-0.2, 0) is 15.8 Å². The lowest BCUT2D eigenvalue weighted by molar-refractivity contribution is -0.139. The molecule has 1 atom stereocenters. The number of benzene rings is 2. The van der Waals surface area contributed by atoms with Gasteiger partial charge in [-0.15, -0.1) is 0 Å². The van der Waals surface area contributed by atoms with E-state index < -0.39 is 64.4 Å². The highest BCUT2D eigenvalue weighted by molar-refractivity contribution is 6.17. The largest absolute Gasteiger partial charge is 0.416 e. The van der Waals surface area contributed by atoms with Gasteiger partial charge >= 0.3 is 12.2 Å². The number of carbonyl (C=O) groups is 4. The number of urea groups is 1.